The molecule has 2 rings (SSSR count). The van der Waals surface area contributed by atoms with Crippen molar-refractivity contribution in [1.29, 1.82) is 0 Å². The van der Waals surface area contributed by atoms with Gasteiger partial charge in [0.05, 0.1) is 0 Å². The maximum absolute atomic E-state index is 4.39. The third kappa shape index (κ3) is 1.18. The summed E-state index contributed by atoms with van der Waals surface area (Å²) in [6, 6.07) is -0.0568. The van der Waals surface area contributed by atoms with Crippen LogP contribution < -0.4 is 5.32 Å². The summed E-state index contributed by atoms with van der Waals surface area (Å²) in [5, 5.41) is 12.8. The van der Waals surface area contributed by atoms with Crippen molar-refractivity contribution in [3.63, 3.8) is 0 Å². The second-order valence-electron chi connectivity index (χ2n) is 3.09. The largest absolute Gasteiger partial charge is 0.331 e. The van der Waals surface area contributed by atoms with Crippen LogP contribution in [0.15, 0.2) is 20.3 Å². The molecule has 0 aliphatic carbocycles. The molecule has 1 N–H and O–H groups in total. The predicted molar refractivity (Wildman–Crippen MR) is 49.8 cm³/mol. The third-order valence-electron chi connectivity index (χ3n) is 2.14. The minimum Gasteiger partial charge on any atom is -0.331 e. The van der Waals surface area contributed by atoms with Gasteiger partial charge >= 0.3 is 0 Å². The van der Waals surface area contributed by atoms with E-state index in [1.54, 1.807) is 12.1 Å². The Kier molecular flexibility index (Phi) is 1.75. The molecule has 13 heavy (non-hydrogen) atoms. The maximum atomic E-state index is 4.39. The molecule has 70 valence electrons. The van der Waals surface area contributed by atoms with Crippen molar-refractivity contribution in [3.8, 4) is 0 Å². The van der Waals surface area contributed by atoms with Gasteiger partial charge in [-0.25, -0.2) is 4.99 Å². The molecular weight excluding hydrogens is 168 g/mol. The molecule has 0 aromatic carbocycles. The Labute approximate surface area is 76.4 Å². The smallest absolute Gasteiger partial charge is 0.172 e. The van der Waals surface area contributed by atoms with E-state index in [2.05, 4.69) is 25.6 Å². The van der Waals surface area contributed by atoms with Gasteiger partial charge in [0.15, 0.2) is 12.2 Å². The van der Waals surface area contributed by atoms with E-state index in [0.29, 0.717) is 0 Å². The fraction of sp³-hybridized carbons (Fsp3) is 0.714. The summed E-state index contributed by atoms with van der Waals surface area (Å²) in [5.74, 6) is 1.70. The summed E-state index contributed by atoms with van der Waals surface area (Å²) in [6.07, 6.45) is -0.0139. The molecule has 2 atom stereocenters. The summed E-state index contributed by atoms with van der Waals surface area (Å²) in [7, 11) is 3.61. The summed E-state index contributed by atoms with van der Waals surface area (Å²) >= 11 is 0. The Morgan fingerprint density at radius 2 is 2.31 bits per heavy atom. The van der Waals surface area contributed by atoms with Gasteiger partial charge in [-0.1, -0.05) is 5.22 Å². The number of hydrogen-bond donors (Lipinski definition) is 1. The monoisotopic (exact) mass is 180 g/mol. The number of nitrogens with one attached hydrogen (secondary N) is 1. The lowest BCUT2D eigenvalue weighted by molar-refractivity contribution is 0.289. The van der Waals surface area contributed by atoms with Crippen molar-refractivity contribution in [2.24, 2.45) is 20.3 Å². The third-order valence-corrected chi connectivity index (χ3v) is 2.14. The number of hydrogen-bond acceptors (Lipinski definition) is 5. The molecule has 0 radical (unpaired) electrons. The summed E-state index contributed by atoms with van der Waals surface area (Å²) in [6.45, 7) is 1.91. The molecule has 0 saturated carbocycles. The molecule has 2 aliphatic rings. The summed E-state index contributed by atoms with van der Waals surface area (Å²) in [5.41, 5.74) is 0. The average Bonchev–Trinajstić information content (AvgIpc) is 2.47. The summed E-state index contributed by atoms with van der Waals surface area (Å²) < 4.78 is 0. The van der Waals surface area contributed by atoms with Gasteiger partial charge in [0.25, 0.3) is 0 Å². The second kappa shape index (κ2) is 2.79. The first-order chi connectivity index (χ1) is 6.22. The Morgan fingerprint density at radius 3 is 3.00 bits per heavy atom. The van der Waals surface area contributed by atoms with Gasteiger partial charge in [-0.3, -0.25) is 10.0 Å². The van der Waals surface area contributed by atoms with Crippen LogP contribution >= 0.6 is 0 Å². The highest BCUT2D eigenvalue weighted by molar-refractivity contribution is 6.04. The average molecular weight is 180 g/mol. The molecule has 2 heterocycles. The van der Waals surface area contributed by atoms with Gasteiger partial charge in [0, 0.05) is 14.1 Å². The number of rotatable bonds is 0. The molecule has 0 fully saturated rings. The van der Waals surface area contributed by atoms with E-state index in [0.717, 1.165) is 11.7 Å². The number of amidine groups is 2. The number of aliphatic imine (C=N–C) groups is 2. The fourth-order valence-corrected chi connectivity index (χ4v) is 1.48. The maximum Gasteiger partial charge on any atom is 0.172 e. The second-order valence-corrected chi connectivity index (χ2v) is 3.09. The summed E-state index contributed by atoms with van der Waals surface area (Å²) in [4.78, 5) is 8.51. The van der Waals surface area contributed by atoms with Crippen molar-refractivity contribution in [2.45, 2.75) is 19.1 Å². The van der Waals surface area contributed by atoms with E-state index in [1.807, 2.05) is 14.0 Å². The molecule has 0 bridgehead atoms. The molecule has 2 aliphatic heterocycles. The molecule has 6 heteroatoms. The van der Waals surface area contributed by atoms with Gasteiger partial charge in [0.1, 0.15) is 11.7 Å². The lowest BCUT2D eigenvalue weighted by atomic mass is 10.2. The highest BCUT2D eigenvalue weighted by Crippen LogP contribution is 2.20. The SMILES string of the molecule is CN=C1NC(C)=NC2C1N=NN2C. The zero-order chi connectivity index (χ0) is 9.42. The van der Waals surface area contributed by atoms with E-state index >= 15 is 0 Å². The highest BCUT2D eigenvalue weighted by Gasteiger charge is 2.37. The van der Waals surface area contributed by atoms with Crippen LogP contribution in [0.4, 0.5) is 0 Å². The first-order valence-electron chi connectivity index (χ1n) is 4.14. The minimum absolute atomic E-state index is 0.0139. The van der Waals surface area contributed by atoms with Crippen molar-refractivity contribution < 1.29 is 0 Å². The van der Waals surface area contributed by atoms with Crippen LogP contribution in [-0.4, -0.2) is 43.0 Å². The Hall–Kier alpha value is -1.46. The van der Waals surface area contributed by atoms with Crippen LogP contribution in [0.1, 0.15) is 6.92 Å². The Balaban J connectivity index is 2.34. The molecular formula is C7H12N6. The van der Waals surface area contributed by atoms with Gasteiger partial charge < -0.3 is 5.32 Å². The normalized spacial score (nSPS) is 34.5. The van der Waals surface area contributed by atoms with Crippen LogP contribution in [0, 0.1) is 0 Å². The zero-order valence-corrected chi connectivity index (χ0v) is 7.89. The molecule has 0 amide bonds. The standard InChI is InChI=1S/C7H12N6/c1-4-9-6(8-2)5-7(10-4)13(3)12-11-5/h5,7H,1-3H3,(H,8,9,10). The number of nitrogens with zero attached hydrogens (tertiary/aromatic N) is 5. The highest BCUT2D eigenvalue weighted by atomic mass is 15.6. The van der Waals surface area contributed by atoms with Crippen LogP contribution in [0.2, 0.25) is 0 Å². The number of fused-ring (bicyclic) bond motifs is 1. The number of likely N-dealkylation sites (N-methyl/N-ethyl adjacent to an activating group) is 1. The van der Waals surface area contributed by atoms with E-state index in [9.17, 15) is 0 Å². The van der Waals surface area contributed by atoms with Crippen molar-refractivity contribution >= 4 is 11.7 Å². The molecule has 2 unspecified atom stereocenters. The first-order valence-corrected chi connectivity index (χ1v) is 4.14. The van der Waals surface area contributed by atoms with E-state index in [4.69, 9.17) is 0 Å². The van der Waals surface area contributed by atoms with Crippen molar-refractivity contribution in [1.82, 2.24) is 10.3 Å². The fourth-order valence-electron chi connectivity index (χ4n) is 1.48. The van der Waals surface area contributed by atoms with Crippen LogP contribution in [0.3, 0.4) is 0 Å². The van der Waals surface area contributed by atoms with Gasteiger partial charge in [0.2, 0.25) is 0 Å². The van der Waals surface area contributed by atoms with Crippen molar-refractivity contribution in [2.75, 3.05) is 14.1 Å². The Bertz CT molecular complexity index is 304. The first kappa shape index (κ1) is 8.15. The Morgan fingerprint density at radius 1 is 1.54 bits per heavy atom. The van der Waals surface area contributed by atoms with Gasteiger partial charge in [-0.2, -0.15) is 5.11 Å². The minimum atomic E-state index is -0.0568. The van der Waals surface area contributed by atoms with Crippen LogP contribution in [0.25, 0.3) is 0 Å². The lowest BCUT2D eigenvalue weighted by Crippen LogP contribution is -2.49. The molecule has 6 nitrogen and oxygen atoms in total. The topological polar surface area (TPSA) is 64.7 Å². The molecule has 0 spiro atoms. The van der Waals surface area contributed by atoms with Crippen molar-refractivity contribution in [3.05, 3.63) is 0 Å². The predicted octanol–water partition coefficient (Wildman–Crippen LogP) is 0.0436. The van der Waals surface area contributed by atoms with Crippen LogP contribution in [0.5, 0.6) is 0 Å². The molecule has 0 aromatic heterocycles. The lowest BCUT2D eigenvalue weighted by Gasteiger charge is -2.25. The van der Waals surface area contributed by atoms with Gasteiger partial charge in [-0.15, -0.1) is 0 Å². The quantitative estimate of drug-likeness (QED) is 0.572. The molecule has 0 saturated heterocycles. The molecule has 0 aromatic rings. The van der Waals surface area contributed by atoms with E-state index in [-0.39, 0.29) is 12.2 Å². The van der Waals surface area contributed by atoms with Gasteiger partial charge in [-0.05, 0) is 6.92 Å². The van der Waals surface area contributed by atoms with E-state index < -0.39 is 0 Å². The zero-order valence-electron chi connectivity index (χ0n) is 7.89. The van der Waals surface area contributed by atoms with E-state index in [1.165, 1.54) is 0 Å². The van der Waals surface area contributed by atoms with Crippen LogP contribution in [-0.2, 0) is 0 Å².